The average Bonchev–Trinajstić information content (AvgIpc) is 2.30. The molecule has 0 fully saturated rings. The molecule has 76 valence electrons. The fraction of sp³-hybridized carbons (Fsp3) is 0. The second-order valence-corrected chi connectivity index (χ2v) is 3.44. The van der Waals surface area contributed by atoms with Gasteiger partial charge in [0.1, 0.15) is 0 Å². The number of fused-ring (bicyclic) bond motifs is 3. The van der Waals surface area contributed by atoms with Crippen molar-refractivity contribution in [3.63, 3.8) is 0 Å². The Balaban J connectivity index is 0.000000963. The Kier molecular flexibility index (Phi) is 3.52. The molecule has 0 bridgehead atoms. The van der Waals surface area contributed by atoms with Crippen molar-refractivity contribution in [2.24, 2.45) is 0 Å². The van der Waals surface area contributed by atoms with E-state index in [1.807, 2.05) is 30.3 Å². The third kappa shape index (κ3) is 1.85. The van der Waals surface area contributed by atoms with Gasteiger partial charge in [0.25, 0.3) is 0 Å². The van der Waals surface area contributed by atoms with Crippen molar-refractivity contribution >= 4 is 27.5 Å². The third-order valence-corrected chi connectivity index (χ3v) is 2.49. The SMILES string of the molecule is Nc1cc2cccnc2c2ncccc12.[Eu+3]. The van der Waals surface area contributed by atoms with Crippen molar-refractivity contribution in [1.29, 1.82) is 0 Å². The van der Waals surface area contributed by atoms with Gasteiger partial charge in [-0.05, 0) is 24.3 Å². The van der Waals surface area contributed by atoms with Crippen LogP contribution in [0.5, 0.6) is 0 Å². The Morgan fingerprint density at radius 1 is 0.938 bits per heavy atom. The zero-order valence-electron chi connectivity index (χ0n) is 8.39. The molecule has 0 aliphatic carbocycles. The van der Waals surface area contributed by atoms with E-state index in [0.717, 1.165) is 27.5 Å². The van der Waals surface area contributed by atoms with Crippen LogP contribution in [0.3, 0.4) is 0 Å². The van der Waals surface area contributed by atoms with Gasteiger partial charge in [-0.15, -0.1) is 0 Å². The maximum absolute atomic E-state index is 5.95. The fourth-order valence-electron chi connectivity index (χ4n) is 1.80. The first-order chi connectivity index (χ1) is 7.36. The normalized spacial score (nSPS) is 10.2. The number of nitrogen functional groups attached to an aromatic ring is 1. The standard InChI is InChI=1S/C12H9N3.Eu/c13-10-7-8-3-1-5-14-11(8)12-9(10)4-2-6-15-12;/h1-7H,13H2;/q;+3. The van der Waals surface area contributed by atoms with Crippen LogP contribution in [0.1, 0.15) is 0 Å². The van der Waals surface area contributed by atoms with Gasteiger partial charge in [-0.25, -0.2) is 0 Å². The zero-order chi connectivity index (χ0) is 10.3. The molecule has 0 spiro atoms. The Morgan fingerprint density at radius 2 is 1.62 bits per heavy atom. The number of aromatic nitrogens is 2. The molecule has 0 radical (unpaired) electrons. The van der Waals surface area contributed by atoms with E-state index in [1.165, 1.54) is 0 Å². The minimum Gasteiger partial charge on any atom is -0.398 e. The Morgan fingerprint density at radius 3 is 2.44 bits per heavy atom. The Bertz CT molecular complexity index is 652. The summed E-state index contributed by atoms with van der Waals surface area (Å²) in [6.07, 6.45) is 3.53. The van der Waals surface area contributed by atoms with E-state index in [4.69, 9.17) is 5.73 Å². The van der Waals surface area contributed by atoms with E-state index in [1.54, 1.807) is 12.4 Å². The fourth-order valence-corrected chi connectivity index (χ4v) is 1.80. The minimum atomic E-state index is 0. The molecule has 2 heterocycles. The number of nitrogens with two attached hydrogens (primary N) is 1. The quantitative estimate of drug-likeness (QED) is 0.502. The summed E-state index contributed by atoms with van der Waals surface area (Å²) in [6.45, 7) is 0. The third-order valence-electron chi connectivity index (χ3n) is 2.49. The molecule has 16 heavy (non-hydrogen) atoms. The number of hydrogen-bond acceptors (Lipinski definition) is 3. The van der Waals surface area contributed by atoms with Crippen molar-refractivity contribution in [2.45, 2.75) is 0 Å². The van der Waals surface area contributed by atoms with E-state index in [0.29, 0.717) is 0 Å². The molecule has 3 rings (SSSR count). The predicted molar refractivity (Wildman–Crippen MR) is 61.5 cm³/mol. The van der Waals surface area contributed by atoms with Crippen LogP contribution in [0.25, 0.3) is 21.8 Å². The smallest absolute Gasteiger partial charge is 0.398 e. The molecule has 0 aliphatic rings. The van der Waals surface area contributed by atoms with E-state index in [-0.39, 0.29) is 49.4 Å². The second-order valence-electron chi connectivity index (χ2n) is 3.44. The minimum absolute atomic E-state index is 0. The number of hydrogen-bond donors (Lipinski definition) is 1. The number of anilines is 1. The molecule has 2 aromatic heterocycles. The summed E-state index contributed by atoms with van der Waals surface area (Å²) in [5, 5.41) is 1.99. The summed E-state index contributed by atoms with van der Waals surface area (Å²) in [6, 6.07) is 9.68. The maximum Gasteiger partial charge on any atom is 3.00 e. The topological polar surface area (TPSA) is 51.8 Å². The van der Waals surface area contributed by atoms with Crippen LogP contribution < -0.4 is 5.73 Å². The predicted octanol–water partition coefficient (Wildman–Crippen LogP) is 2.37. The van der Waals surface area contributed by atoms with E-state index in [9.17, 15) is 0 Å². The van der Waals surface area contributed by atoms with Gasteiger partial charge >= 0.3 is 49.4 Å². The molecular weight excluding hydrogens is 338 g/mol. The Labute approximate surface area is 134 Å². The summed E-state index contributed by atoms with van der Waals surface area (Å²) in [5.41, 5.74) is 8.48. The molecule has 0 amide bonds. The Hall–Kier alpha value is -0.576. The van der Waals surface area contributed by atoms with Gasteiger partial charge in [-0.2, -0.15) is 0 Å². The molecule has 0 atom stereocenters. The van der Waals surface area contributed by atoms with Gasteiger partial charge in [0.05, 0.1) is 11.0 Å². The molecule has 0 aliphatic heterocycles. The molecule has 4 heteroatoms. The summed E-state index contributed by atoms with van der Waals surface area (Å²) >= 11 is 0. The number of nitrogens with zero attached hydrogens (tertiary/aromatic N) is 2. The summed E-state index contributed by atoms with van der Waals surface area (Å²) in [5.74, 6) is 0. The van der Waals surface area contributed by atoms with Gasteiger partial charge in [-0.3, -0.25) is 9.97 Å². The summed E-state index contributed by atoms with van der Waals surface area (Å²) in [7, 11) is 0. The monoisotopic (exact) mass is 348 g/mol. The molecule has 3 aromatic rings. The number of pyridine rings is 2. The second kappa shape index (κ2) is 4.74. The molecule has 2 N–H and O–H groups in total. The first-order valence-corrected chi connectivity index (χ1v) is 4.74. The van der Waals surface area contributed by atoms with Crippen molar-refractivity contribution in [3.8, 4) is 0 Å². The van der Waals surface area contributed by atoms with Crippen LogP contribution in [-0.2, 0) is 0 Å². The van der Waals surface area contributed by atoms with Crippen LogP contribution in [0.4, 0.5) is 5.69 Å². The van der Waals surface area contributed by atoms with E-state index in [2.05, 4.69) is 9.97 Å². The van der Waals surface area contributed by atoms with E-state index < -0.39 is 0 Å². The number of benzene rings is 1. The van der Waals surface area contributed by atoms with Crippen molar-refractivity contribution in [1.82, 2.24) is 9.97 Å². The van der Waals surface area contributed by atoms with Gasteiger partial charge in [0.15, 0.2) is 0 Å². The molecule has 1 aromatic carbocycles. The maximum atomic E-state index is 5.95. The summed E-state index contributed by atoms with van der Waals surface area (Å²) in [4.78, 5) is 8.66. The zero-order valence-corrected chi connectivity index (χ0v) is 10.8. The van der Waals surface area contributed by atoms with Crippen LogP contribution in [0.15, 0.2) is 42.7 Å². The first-order valence-electron chi connectivity index (χ1n) is 4.74. The summed E-state index contributed by atoms with van der Waals surface area (Å²) < 4.78 is 0. The van der Waals surface area contributed by atoms with Gasteiger partial charge in [0.2, 0.25) is 0 Å². The van der Waals surface area contributed by atoms with Crippen molar-refractivity contribution < 1.29 is 49.4 Å². The van der Waals surface area contributed by atoms with E-state index >= 15 is 0 Å². The molecule has 0 saturated heterocycles. The molecular formula is C12H9EuN3+3. The number of rotatable bonds is 0. The largest absolute Gasteiger partial charge is 3.00 e. The van der Waals surface area contributed by atoms with Crippen LogP contribution in [0, 0.1) is 49.4 Å². The molecule has 3 nitrogen and oxygen atoms in total. The van der Waals surface area contributed by atoms with Crippen LogP contribution in [-0.4, -0.2) is 9.97 Å². The van der Waals surface area contributed by atoms with Crippen molar-refractivity contribution in [2.75, 3.05) is 5.73 Å². The van der Waals surface area contributed by atoms with Crippen LogP contribution >= 0.6 is 0 Å². The van der Waals surface area contributed by atoms with Gasteiger partial charge in [0, 0.05) is 28.9 Å². The average molecular weight is 347 g/mol. The van der Waals surface area contributed by atoms with Gasteiger partial charge < -0.3 is 5.73 Å². The van der Waals surface area contributed by atoms with Gasteiger partial charge in [-0.1, -0.05) is 6.07 Å². The van der Waals surface area contributed by atoms with Crippen molar-refractivity contribution in [3.05, 3.63) is 42.7 Å². The van der Waals surface area contributed by atoms with Crippen LogP contribution in [0.2, 0.25) is 0 Å². The molecule has 0 saturated carbocycles. The molecule has 0 unspecified atom stereocenters. The first kappa shape index (κ1) is 11.9.